The summed E-state index contributed by atoms with van der Waals surface area (Å²) in [4.78, 5) is 6.62. The maximum Gasteiger partial charge on any atom is 0.0631 e. The molecule has 0 fully saturated rings. The van der Waals surface area contributed by atoms with E-state index in [-0.39, 0.29) is 0 Å². The number of benzene rings is 2. The predicted molar refractivity (Wildman–Crippen MR) is 98.8 cm³/mol. The highest BCUT2D eigenvalue weighted by Crippen LogP contribution is 2.20. The Morgan fingerprint density at radius 2 is 1.45 bits per heavy atom. The first-order valence-electron chi connectivity index (χ1n) is 6.99. The number of anilines is 1. The molecule has 0 heterocycles. The number of halogens is 3. The van der Waals surface area contributed by atoms with Gasteiger partial charge in [0.05, 0.1) is 5.69 Å². The predicted octanol–water partition coefficient (Wildman–Crippen LogP) is 5.37. The van der Waals surface area contributed by atoms with E-state index in [1.165, 1.54) is 0 Å². The number of hydrogen-bond acceptors (Lipinski definition) is 2. The highest BCUT2D eigenvalue weighted by Gasteiger charge is 2.04. The van der Waals surface area contributed by atoms with Crippen molar-refractivity contribution in [1.29, 1.82) is 0 Å². The molecule has 0 saturated carbocycles. The summed E-state index contributed by atoms with van der Waals surface area (Å²) in [5.74, 6) is 1.15. The molecule has 2 rings (SSSR count). The van der Waals surface area contributed by atoms with Crippen molar-refractivity contribution in [1.82, 2.24) is 0 Å². The monoisotopic (exact) mass is 354 g/mol. The zero-order chi connectivity index (χ0) is 15.8. The molecule has 0 unspecified atom stereocenters. The van der Waals surface area contributed by atoms with Crippen LogP contribution in [0.15, 0.2) is 53.5 Å². The van der Waals surface area contributed by atoms with Crippen molar-refractivity contribution >= 4 is 52.4 Å². The first-order valence-corrected chi connectivity index (χ1v) is 8.44. The summed E-state index contributed by atoms with van der Waals surface area (Å²) in [6.07, 6.45) is 1.82. The number of alkyl halides is 2. The zero-order valence-corrected chi connectivity index (χ0v) is 14.3. The fourth-order valence-electron chi connectivity index (χ4n) is 2.02. The summed E-state index contributed by atoms with van der Waals surface area (Å²) in [5, 5.41) is 0.722. The summed E-state index contributed by atoms with van der Waals surface area (Å²) in [5.41, 5.74) is 3.02. The Labute approximate surface area is 146 Å². The summed E-state index contributed by atoms with van der Waals surface area (Å²) in [6, 6.07) is 15.6. The van der Waals surface area contributed by atoms with Crippen molar-refractivity contribution < 1.29 is 0 Å². The number of hydrogen-bond donors (Lipinski definition) is 0. The van der Waals surface area contributed by atoms with Gasteiger partial charge in [-0.05, 0) is 42.0 Å². The Balaban J connectivity index is 2.06. The second-order valence-corrected chi connectivity index (χ2v) is 5.88. The molecule has 0 radical (unpaired) electrons. The van der Waals surface area contributed by atoms with Crippen LogP contribution in [0.5, 0.6) is 0 Å². The lowest BCUT2D eigenvalue weighted by Gasteiger charge is -2.22. The van der Waals surface area contributed by atoms with Gasteiger partial charge in [0, 0.05) is 41.8 Å². The molecule has 0 saturated heterocycles. The fraction of sp³-hybridized carbons (Fsp3) is 0.235. The fourth-order valence-corrected chi connectivity index (χ4v) is 2.56. The molecule has 116 valence electrons. The Bertz CT molecular complexity index is 588. The van der Waals surface area contributed by atoms with Crippen molar-refractivity contribution in [2.75, 3.05) is 29.7 Å². The van der Waals surface area contributed by atoms with Gasteiger partial charge in [-0.15, -0.1) is 23.2 Å². The lowest BCUT2D eigenvalue weighted by Crippen LogP contribution is -2.27. The van der Waals surface area contributed by atoms with E-state index in [0.29, 0.717) is 11.8 Å². The minimum Gasteiger partial charge on any atom is -0.369 e. The molecule has 2 aromatic rings. The van der Waals surface area contributed by atoms with Crippen LogP contribution in [0.3, 0.4) is 0 Å². The molecule has 0 aromatic heterocycles. The third-order valence-corrected chi connectivity index (χ3v) is 3.75. The van der Waals surface area contributed by atoms with Gasteiger partial charge in [0.1, 0.15) is 0 Å². The molecule has 0 bridgehead atoms. The maximum atomic E-state index is 5.86. The SMILES string of the molecule is ClCCN(CCCl)c1ccc(N=Cc2ccc(Cl)cc2)cc1. The van der Waals surface area contributed by atoms with Crippen molar-refractivity contribution in [2.24, 2.45) is 4.99 Å². The Kier molecular flexibility index (Phi) is 7.04. The smallest absolute Gasteiger partial charge is 0.0631 e. The van der Waals surface area contributed by atoms with Gasteiger partial charge in [-0.1, -0.05) is 23.7 Å². The molecule has 5 heteroatoms. The molecule has 2 nitrogen and oxygen atoms in total. The van der Waals surface area contributed by atoms with Crippen LogP contribution in [-0.4, -0.2) is 31.1 Å². The van der Waals surface area contributed by atoms with Gasteiger partial charge < -0.3 is 4.90 Å². The van der Waals surface area contributed by atoms with E-state index in [0.717, 1.165) is 35.1 Å². The molecule has 0 atom stereocenters. The Morgan fingerprint density at radius 3 is 2.00 bits per heavy atom. The number of nitrogens with zero attached hydrogens (tertiary/aromatic N) is 2. The van der Waals surface area contributed by atoms with Crippen molar-refractivity contribution in [3.63, 3.8) is 0 Å². The van der Waals surface area contributed by atoms with Crippen LogP contribution < -0.4 is 4.90 Å². The van der Waals surface area contributed by atoms with Crippen LogP contribution in [0.25, 0.3) is 0 Å². The molecule has 0 aliphatic heterocycles. The van der Waals surface area contributed by atoms with Gasteiger partial charge in [-0.25, -0.2) is 0 Å². The van der Waals surface area contributed by atoms with E-state index < -0.39 is 0 Å². The molecular formula is C17H17Cl3N2. The minimum atomic E-state index is 0.577. The standard InChI is InChI=1S/C17H17Cl3N2/c18-9-11-22(12-10-19)17-7-5-16(6-8-17)21-13-14-1-3-15(20)4-2-14/h1-8,13H,9-12H2. The van der Waals surface area contributed by atoms with Crippen molar-refractivity contribution in [2.45, 2.75) is 0 Å². The van der Waals surface area contributed by atoms with E-state index in [1.807, 2.05) is 54.7 Å². The lowest BCUT2D eigenvalue weighted by atomic mass is 10.2. The molecule has 0 aliphatic carbocycles. The average Bonchev–Trinajstić information content (AvgIpc) is 2.55. The van der Waals surface area contributed by atoms with Gasteiger partial charge in [-0.3, -0.25) is 4.99 Å². The lowest BCUT2D eigenvalue weighted by molar-refractivity contribution is 0.874. The summed E-state index contributed by atoms with van der Waals surface area (Å²) >= 11 is 17.5. The van der Waals surface area contributed by atoms with E-state index in [2.05, 4.69) is 9.89 Å². The van der Waals surface area contributed by atoms with E-state index in [4.69, 9.17) is 34.8 Å². The third kappa shape index (κ3) is 5.20. The van der Waals surface area contributed by atoms with Crippen LogP contribution in [0.2, 0.25) is 5.02 Å². The molecule has 2 aromatic carbocycles. The summed E-state index contributed by atoms with van der Waals surface area (Å²) < 4.78 is 0. The maximum absolute atomic E-state index is 5.86. The molecule has 0 aliphatic rings. The van der Waals surface area contributed by atoms with Crippen LogP contribution in [0, 0.1) is 0 Å². The van der Waals surface area contributed by atoms with Crippen molar-refractivity contribution in [3.05, 3.63) is 59.1 Å². The molecular weight excluding hydrogens is 339 g/mol. The second kappa shape index (κ2) is 9.04. The number of rotatable bonds is 7. The highest BCUT2D eigenvalue weighted by molar-refractivity contribution is 6.30. The first kappa shape index (κ1) is 17.1. The summed E-state index contributed by atoms with van der Waals surface area (Å²) in [6.45, 7) is 1.56. The molecule has 0 N–H and O–H groups in total. The van der Waals surface area contributed by atoms with Gasteiger partial charge in [0.2, 0.25) is 0 Å². The van der Waals surface area contributed by atoms with Gasteiger partial charge >= 0.3 is 0 Å². The van der Waals surface area contributed by atoms with Crippen LogP contribution >= 0.6 is 34.8 Å². The quantitative estimate of drug-likeness (QED) is 0.481. The van der Waals surface area contributed by atoms with Crippen LogP contribution in [0.4, 0.5) is 11.4 Å². The second-order valence-electron chi connectivity index (χ2n) is 4.69. The highest BCUT2D eigenvalue weighted by atomic mass is 35.5. The van der Waals surface area contributed by atoms with Gasteiger partial charge in [0.15, 0.2) is 0 Å². The van der Waals surface area contributed by atoms with Crippen molar-refractivity contribution in [3.8, 4) is 0 Å². The average molecular weight is 356 g/mol. The van der Waals surface area contributed by atoms with E-state index in [1.54, 1.807) is 0 Å². The third-order valence-electron chi connectivity index (χ3n) is 3.16. The van der Waals surface area contributed by atoms with E-state index >= 15 is 0 Å². The minimum absolute atomic E-state index is 0.577. The van der Waals surface area contributed by atoms with Gasteiger partial charge in [0.25, 0.3) is 0 Å². The van der Waals surface area contributed by atoms with Gasteiger partial charge in [-0.2, -0.15) is 0 Å². The molecule has 0 amide bonds. The van der Waals surface area contributed by atoms with Crippen LogP contribution in [0.1, 0.15) is 5.56 Å². The number of aliphatic imine (C=N–C) groups is 1. The van der Waals surface area contributed by atoms with E-state index in [9.17, 15) is 0 Å². The Morgan fingerprint density at radius 1 is 0.864 bits per heavy atom. The molecule has 0 spiro atoms. The zero-order valence-electron chi connectivity index (χ0n) is 12.1. The normalized spacial score (nSPS) is 11.0. The Hall–Kier alpha value is -1.22. The first-order chi connectivity index (χ1) is 10.7. The topological polar surface area (TPSA) is 15.6 Å². The molecule has 22 heavy (non-hydrogen) atoms. The summed E-state index contributed by atoms with van der Waals surface area (Å²) in [7, 11) is 0. The van der Waals surface area contributed by atoms with Crippen LogP contribution in [-0.2, 0) is 0 Å². The largest absolute Gasteiger partial charge is 0.369 e.